The van der Waals surface area contributed by atoms with E-state index < -0.39 is 0 Å². The van der Waals surface area contributed by atoms with Crippen molar-refractivity contribution in [2.45, 2.75) is 19.5 Å². The third-order valence-electron chi connectivity index (χ3n) is 3.58. The third kappa shape index (κ3) is 3.60. The van der Waals surface area contributed by atoms with E-state index in [-0.39, 0.29) is 11.9 Å². The second-order valence-corrected chi connectivity index (χ2v) is 5.17. The van der Waals surface area contributed by atoms with Crippen LogP contribution in [0.2, 0.25) is 0 Å². The lowest BCUT2D eigenvalue weighted by molar-refractivity contribution is 0.0945. The number of aromatic nitrogens is 4. The fourth-order valence-corrected chi connectivity index (χ4v) is 2.22. The molecule has 1 amide bonds. The number of carbonyl (C=O) groups excluding carboxylic acids is 1. The van der Waals surface area contributed by atoms with Crippen LogP contribution < -0.4 is 5.32 Å². The molecule has 0 fully saturated rings. The predicted octanol–water partition coefficient (Wildman–Crippen LogP) is 2.21. The Bertz CT molecular complexity index is 770. The smallest absolute Gasteiger partial charge is 0.273 e. The molecule has 0 aliphatic heterocycles. The molecule has 0 saturated heterocycles. The zero-order valence-corrected chi connectivity index (χ0v) is 12.8. The highest BCUT2D eigenvalue weighted by atomic mass is 16.2. The van der Waals surface area contributed by atoms with Crippen molar-refractivity contribution >= 4 is 5.91 Å². The number of nitrogens with zero attached hydrogens (tertiary/aromatic N) is 4. The molecular weight excluding hydrogens is 290 g/mol. The summed E-state index contributed by atoms with van der Waals surface area (Å²) in [7, 11) is 0. The van der Waals surface area contributed by atoms with E-state index in [2.05, 4.69) is 20.6 Å². The highest BCUT2D eigenvalue weighted by Crippen LogP contribution is 2.16. The van der Waals surface area contributed by atoms with Crippen molar-refractivity contribution < 1.29 is 4.79 Å². The van der Waals surface area contributed by atoms with E-state index >= 15 is 0 Å². The summed E-state index contributed by atoms with van der Waals surface area (Å²) in [6.07, 6.45) is 3.35. The molecule has 3 aromatic rings. The van der Waals surface area contributed by atoms with Gasteiger partial charge in [-0.15, -0.1) is 5.10 Å². The van der Waals surface area contributed by atoms with Gasteiger partial charge in [-0.25, -0.2) is 4.68 Å². The topological polar surface area (TPSA) is 72.7 Å². The SMILES string of the molecule is C[C@@H](c1ccccc1)n1cc(C(=O)NCc2ccccn2)nn1. The van der Waals surface area contributed by atoms with Gasteiger partial charge in [0.2, 0.25) is 0 Å². The molecular formula is C17H17N5O. The molecule has 1 atom stereocenters. The quantitative estimate of drug-likeness (QED) is 0.784. The summed E-state index contributed by atoms with van der Waals surface area (Å²) >= 11 is 0. The number of hydrogen-bond donors (Lipinski definition) is 1. The van der Waals surface area contributed by atoms with Crippen molar-refractivity contribution in [3.63, 3.8) is 0 Å². The molecule has 1 aromatic carbocycles. The molecule has 0 unspecified atom stereocenters. The van der Waals surface area contributed by atoms with Gasteiger partial charge in [0.05, 0.1) is 24.5 Å². The first-order chi connectivity index (χ1) is 11.2. The summed E-state index contributed by atoms with van der Waals surface area (Å²) in [5, 5.41) is 10.8. The minimum atomic E-state index is -0.262. The van der Waals surface area contributed by atoms with Crippen molar-refractivity contribution in [1.29, 1.82) is 0 Å². The molecule has 6 heteroatoms. The number of amides is 1. The Morgan fingerprint density at radius 2 is 1.96 bits per heavy atom. The molecule has 0 aliphatic carbocycles. The molecule has 0 saturated carbocycles. The number of nitrogens with one attached hydrogen (secondary N) is 1. The van der Waals surface area contributed by atoms with Crippen LogP contribution in [0.25, 0.3) is 0 Å². The fourth-order valence-electron chi connectivity index (χ4n) is 2.22. The summed E-state index contributed by atoms with van der Waals surface area (Å²) in [5.74, 6) is -0.262. The number of pyridine rings is 1. The Labute approximate surface area is 134 Å². The second kappa shape index (κ2) is 6.83. The van der Waals surface area contributed by atoms with Gasteiger partial charge in [0.15, 0.2) is 5.69 Å². The molecule has 3 rings (SSSR count). The molecule has 2 heterocycles. The van der Waals surface area contributed by atoms with Crippen molar-refractivity contribution in [3.05, 3.63) is 77.9 Å². The first-order valence-corrected chi connectivity index (χ1v) is 7.39. The molecule has 0 spiro atoms. The van der Waals surface area contributed by atoms with Crippen LogP contribution in [0.1, 0.15) is 34.7 Å². The average molecular weight is 307 g/mol. The lowest BCUT2D eigenvalue weighted by Gasteiger charge is -2.10. The van der Waals surface area contributed by atoms with Crippen LogP contribution in [0.3, 0.4) is 0 Å². The number of benzene rings is 1. The van der Waals surface area contributed by atoms with Crippen molar-refractivity contribution in [2.24, 2.45) is 0 Å². The zero-order valence-electron chi connectivity index (χ0n) is 12.8. The van der Waals surface area contributed by atoms with Gasteiger partial charge in [-0.1, -0.05) is 41.6 Å². The maximum absolute atomic E-state index is 12.1. The molecule has 116 valence electrons. The highest BCUT2D eigenvalue weighted by Gasteiger charge is 2.14. The van der Waals surface area contributed by atoms with Crippen molar-refractivity contribution in [3.8, 4) is 0 Å². The Balaban J connectivity index is 1.65. The van der Waals surface area contributed by atoms with Crippen LogP contribution in [0.15, 0.2) is 60.9 Å². The van der Waals surface area contributed by atoms with Gasteiger partial charge in [0, 0.05) is 6.20 Å². The van der Waals surface area contributed by atoms with E-state index in [4.69, 9.17) is 0 Å². The van der Waals surface area contributed by atoms with Gasteiger partial charge in [-0.05, 0) is 24.6 Å². The standard InChI is InChI=1S/C17H17N5O/c1-13(14-7-3-2-4-8-14)22-12-16(20-21-22)17(23)19-11-15-9-5-6-10-18-15/h2-10,12-13H,11H2,1H3,(H,19,23)/t13-/m0/s1. The minimum absolute atomic E-state index is 0.0149. The van der Waals surface area contributed by atoms with E-state index in [9.17, 15) is 4.79 Å². The molecule has 0 bridgehead atoms. The van der Waals surface area contributed by atoms with Crippen LogP contribution in [-0.4, -0.2) is 25.9 Å². The molecule has 6 nitrogen and oxygen atoms in total. The number of hydrogen-bond acceptors (Lipinski definition) is 4. The van der Waals surface area contributed by atoms with E-state index in [1.807, 2.05) is 55.5 Å². The summed E-state index contributed by atoms with van der Waals surface area (Å²) in [6, 6.07) is 15.5. The Morgan fingerprint density at radius 1 is 1.17 bits per heavy atom. The number of rotatable bonds is 5. The van der Waals surface area contributed by atoms with Crippen LogP contribution in [0.5, 0.6) is 0 Å². The maximum Gasteiger partial charge on any atom is 0.273 e. The van der Waals surface area contributed by atoms with Gasteiger partial charge in [-0.3, -0.25) is 9.78 Å². The lowest BCUT2D eigenvalue weighted by Crippen LogP contribution is -2.23. The predicted molar refractivity (Wildman–Crippen MR) is 85.7 cm³/mol. The van der Waals surface area contributed by atoms with Gasteiger partial charge >= 0.3 is 0 Å². The summed E-state index contributed by atoms with van der Waals surface area (Å²) in [6.45, 7) is 2.38. The molecule has 23 heavy (non-hydrogen) atoms. The van der Waals surface area contributed by atoms with Crippen LogP contribution in [0, 0.1) is 0 Å². The van der Waals surface area contributed by atoms with E-state index in [1.165, 1.54) is 0 Å². The molecule has 2 aromatic heterocycles. The highest BCUT2D eigenvalue weighted by molar-refractivity contribution is 5.91. The van der Waals surface area contributed by atoms with E-state index in [0.717, 1.165) is 11.3 Å². The van der Waals surface area contributed by atoms with Crippen LogP contribution in [-0.2, 0) is 6.54 Å². The van der Waals surface area contributed by atoms with Gasteiger partial charge in [0.1, 0.15) is 0 Å². The van der Waals surface area contributed by atoms with Gasteiger partial charge < -0.3 is 5.32 Å². The Morgan fingerprint density at radius 3 is 2.70 bits per heavy atom. The van der Waals surface area contributed by atoms with E-state index in [0.29, 0.717) is 12.2 Å². The second-order valence-electron chi connectivity index (χ2n) is 5.17. The monoisotopic (exact) mass is 307 g/mol. The summed E-state index contributed by atoms with van der Waals surface area (Å²) in [4.78, 5) is 16.3. The zero-order chi connectivity index (χ0) is 16.1. The summed E-state index contributed by atoms with van der Waals surface area (Å²) < 4.78 is 1.69. The largest absolute Gasteiger partial charge is 0.345 e. The molecule has 0 radical (unpaired) electrons. The Hall–Kier alpha value is -3.02. The molecule has 0 aliphatic rings. The summed E-state index contributed by atoms with van der Waals surface area (Å²) in [5.41, 5.74) is 2.20. The van der Waals surface area contributed by atoms with Crippen LogP contribution in [0.4, 0.5) is 0 Å². The normalized spacial score (nSPS) is 11.9. The average Bonchev–Trinajstić information content (AvgIpc) is 3.11. The Kier molecular flexibility index (Phi) is 4.42. The third-order valence-corrected chi connectivity index (χ3v) is 3.58. The number of carbonyl (C=O) groups is 1. The lowest BCUT2D eigenvalue weighted by atomic mass is 10.1. The first kappa shape index (κ1) is 14.9. The van der Waals surface area contributed by atoms with Crippen molar-refractivity contribution in [1.82, 2.24) is 25.3 Å². The fraction of sp³-hybridized carbons (Fsp3) is 0.176. The molecule has 1 N–H and O–H groups in total. The van der Waals surface area contributed by atoms with E-state index in [1.54, 1.807) is 17.1 Å². The van der Waals surface area contributed by atoms with Crippen LogP contribution >= 0.6 is 0 Å². The maximum atomic E-state index is 12.1. The van der Waals surface area contributed by atoms with Gasteiger partial charge in [0.25, 0.3) is 5.91 Å². The van der Waals surface area contributed by atoms with Crippen molar-refractivity contribution in [2.75, 3.05) is 0 Å². The first-order valence-electron chi connectivity index (χ1n) is 7.39. The minimum Gasteiger partial charge on any atom is -0.345 e. The van der Waals surface area contributed by atoms with Gasteiger partial charge in [-0.2, -0.15) is 0 Å².